The van der Waals surface area contributed by atoms with Crippen LogP contribution in [0.2, 0.25) is 0 Å². The Hall–Kier alpha value is -2.74. The summed E-state index contributed by atoms with van der Waals surface area (Å²) in [7, 11) is -3.51. The number of sulfonamides is 1. The molecule has 0 fully saturated rings. The van der Waals surface area contributed by atoms with E-state index in [1.54, 1.807) is 18.2 Å². The summed E-state index contributed by atoms with van der Waals surface area (Å²) in [5, 5.41) is 3.11. The number of ether oxygens (including phenoxy) is 2. The van der Waals surface area contributed by atoms with E-state index in [4.69, 9.17) is 9.47 Å². The highest BCUT2D eigenvalue weighted by Crippen LogP contribution is 2.36. The number of hydrogen-bond acceptors (Lipinski definition) is 5. The van der Waals surface area contributed by atoms with Crippen LogP contribution >= 0.6 is 0 Å². The van der Waals surface area contributed by atoms with Crippen molar-refractivity contribution in [2.45, 2.75) is 39.2 Å². The Labute approximate surface area is 184 Å². The van der Waals surface area contributed by atoms with E-state index in [9.17, 15) is 13.2 Å². The van der Waals surface area contributed by atoms with Crippen molar-refractivity contribution >= 4 is 21.6 Å². The van der Waals surface area contributed by atoms with Gasteiger partial charge in [0.1, 0.15) is 0 Å². The van der Waals surface area contributed by atoms with E-state index in [1.165, 1.54) is 4.31 Å². The van der Waals surface area contributed by atoms with Crippen LogP contribution < -0.4 is 19.1 Å². The first-order chi connectivity index (χ1) is 14.7. The van der Waals surface area contributed by atoms with Gasteiger partial charge in [0.05, 0.1) is 18.0 Å². The molecule has 1 aliphatic heterocycles. The van der Waals surface area contributed by atoms with E-state index in [2.05, 4.69) is 19.2 Å². The lowest BCUT2D eigenvalue weighted by Crippen LogP contribution is -2.33. The van der Waals surface area contributed by atoms with Crippen molar-refractivity contribution < 1.29 is 22.7 Å². The molecule has 168 valence electrons. The number of amides is 1. The van der Waals surface area contributed by atoms with Gasteiger partial charge in [-0.25, -0.2) is 8.42 Å². The summed E-state index contributed by atoms with van der Waals surface area (Å²) in [5.41, 5.74) is 1.57. The van der Waals surface area contributed by atoms with Gasteiger partial charge in [0.2, 0.25) is 22.7 Å². The molecule has 0 unspecified atom stereocenters. The first kappa shape index (κ1) is 22.9. The van der Waals surface area contributed by atoms with E-state index >= 15 is 0 Å². The third kappa shape index (κ3) is 6.37. The highest BCUT2D eigenvalue weighted by Gasteiger charge is 2.22. The second-order valence-electron chi connectivity index (χ2n) is 8.14. The van der Waals surface area contributed by atoms with Crippen molar-refractivity contribution in [3.05, 3.63) is 54.1 Å². The Morgan fingerprint density at radius 3 is 2.48 bits per heavy atom. The van der Waals surface area contributed by atoms with Crippen molar-refractivity contribution in [1.29, 1.82) is 0 Å². The van der Waals surface area contributed by atoms with E-state index < -0.39 is 10.0 Å². The van der Waals surface area contributed by atoms with Crippen molar-refractivity contribution in [1.82, 2.24) is 5.32 Å². The van der Waals surface area contributed by atoms with Crippen LogP contribution in [0.5, 0.6) is 11.5 Å². The zero-order chi connectivity index (χ0) is 22.4. The molecule has 0 bridgehead atoms. The summed E-state index contributed by atoms with van der Waals surface area (Å²) in [6.07, 6.45) is 2.63. The molecule has 2 aromatic rings. The highest BCUT2D eigenvalue weighted by atomic mass is 32.2. The van der Waals surface area contributed by atoms with E-state index in [1.807, 2.05) is 30.3 Å². The summed E-state index contributed by atoms with van der Waals surface area (Å²) in [6, 6.07) is 14.9. The summed E-state index contributed by atoms with van der Waals surface area (Å²) >= 11 is 0. The number of nitrogens with one attached hydrogen (secondary N) is 1. The number of carbonyl (C=O) groups excluding carboxylic acids is 1. The zero-order valence-electron chi connectivity index (χ0n) is 18.2. The molecule has 0 aliphatic carbocycles. The molecule has 1 aliphatic rings. The summed E-state index contributed by atoms with van der Waals surface area (Å²) in [4.78, 5) is 12.6. The number of carbonyl (C=O) groups is 1. The Morgan fingerprint density at radius 1 is 1.10 bits per heavy atom. The van der Waals surface area contributed by atoms with Gasteiger partial charge in [0.15, 0.2) is 11.5 Å². The van der Waals surface area contributed by atoms with E-state index in [-0.39, 0.29) is 31.7 Å². The van der Waals surface area contributed by atoms with Crippen LogP contribution in [-0.2, 0) is 14.8 Å². The average molecular weight is 447 g/mol. The molecular weight excluding hydrogens is 416 g/mol. The zero-order valence-corrected chi connectivity index (χ0v) is 19.0. The van der Waals surface area contributed by atoms with Crippen molar-refractivity contribution in [3.8, 4) is 11.5 Å². The van der Waals surface area contributed by atoms with Crippen LogP contribution in [0.15, 0.2) is 48.5 Å². The third-order valence-electron chi connectivity index (χ3n) is 5.05. The molecule has 8 heteroatoms. The molecule has 0 saturated heterocycles. The minimum atomic E-state index is -3.51. The van der Waals surface area contributed by atoms with Crippen LogP contribution in [0.3, 0.4) is 0 Å². The molecule has 7 nitrogen and oxygen atoms in total. The highest BCUT2D eigenvalue weighted by molar-refractivity contribution is 7.92. The van der Waals surface area contributed by atoms with E-state index in [0.717, 1.165) is 18.2 Å². The van der Waals surface area contributed by atoms with Gasteiger partial charge in [-0.15, -0.1) is 0 Å². The maximum Gasteiger partial charge on any atom is 0.232 e. The molecule has 0 saturated carbocycles. The topological polar surface area (TPSA) is 84.9 Å². The minimum Gasteiger partial charge on any atom is -0.454 e. The third-order valence-corrected chi connectivity index (χ3v) is 6.25. The molecule has 1 atom stereocenters. The maximum absolute atomic E-state index is 12.6. The normalized spacial score (nSPS) is 13.8. The van der Waals surface area contributed by atoms with Gasteiger partial charge in [-0.05, 0) is 36.5 Å². The van der Waals surface area contributed by atoms with E-state index in [0.29, 0.717) is 29.5 Å². The first-order valence-electron chi connectivity index (χ1n) is 10.5. The molecule has 1 amide bonds. The number of nitrogens with zero attached hydrogens (tertiary/aromatic N) is 1. The molecule has 1 N–H and O–H groups in total. The Bertz CT molecular complexity index is 992. The van der Waals surface area contributed by atoms with Gasteiger partial charge in [0.25, 0.3) is 0 Å². The van der Waals surface area contributed by atoms with Crippen molar-refractivity contribution in [3.63, 3.8) is 0 Å². The Morgan fingerprint density at radius 2 is 1.81 bits per heavy atom. The number of anilines is 1. The van der Waals surface area contributed by atoms with Gasteiger partial charge in [-0.1, -0.05) is 44.2 Å². The van der Waals surface area contributed by atoms with Gasteiger partial charge in [0, 0.05) is 19.0 Å². The predicted octanol–water partition coefficient (Wildman–Crippen LogP) is 3.87. The Balaban J connectivity index is 1.61. The molecule has 0 aromatic heterocycles. The molecule has 31 heavy (non-hydrogen) atoms. The summed E-state index contributed by atoms with van der Waals surface area (Å²) in [6.45, 7) is 4.57. The second-order valence-corrected chi connectivity index (χ2v) is 10.0. The number of fused-ring (bicyclic) bond motifs is 1. The van der Waals surface area contributed by atoms with Crippen LogP contribution in [0, 0.1) is 5.92 Å². The monoisotopic (exact) mass is 446 g/mol. The number of rotatable bonds is 10. The summed E-state index contributed by atoms with van der Waals surface area (Å²) in [5.74, 6) is 1.45. The fourth-order valence-electron chi connectivity index (χ4n) is 3.61. The first-order valence-corrected chi connectivity index (χ1v) is 12.3. The minimum absolute atomic E-state index is 0.0615. The average Bonchev–Trinajstić information content (AvgIpc) is 3.18. The lowest BCUT2D eigenvalue weighted by Gasteiger charge is -2.23. The van der Waals surface area contributed by atoms with Crippen LogP contribution in [0.4, 0.5) is 5.69 Å². The maximum atomic E-state index is 12.6. The second kappa shape index (κ2) is 10.0. The smallest absolute Gasteiger partial charge is 0.232 e. The Kier molecular flexibility index (Phi) is 7.43. The fourth-order valence-corrected chi connectivity index (χ4v) is 4.57. The van der Waals surface area contributed by atoms with Gasteiger partial charge in [-0.2, -0.15) is 0 Å². The fraction of sp³-hybridized carbons (Fsp3) is 0.435. The van der Waals surface area contributed by atoms with Crippen LogP contribution in [0.1, 0.15) is 44.7 Å². The molecule has 2 aromatic carbocycles. The number of hydrogen-bond donors (Lipinski definition) is 1. The van der Waals surface area contributed by atoms with Crippen LogP contribution in [-0.4, -0.2) is 33.9 Å². The lowest BCUT2D eigenvalue weighted by molar-refractivity contribution is -0.122. The van der Waals surface area contributed by atoms with Crippen molar-refractivity contribution in [2.24, 2.45) is 5.92 Å². The van der Waals surface area contributed by atoms with Gasteiger partial charge in [-0.3, -0.25) is 9.10 Å². The quantitative estimate of drug-likeness (QED) is 0.599. The predicted molar refractivity (Wildman–Crippen MR) is 121 cm³/mol. The molecule has 0 radical (unpaired) electrons. The number of benzene rings is 2. The molecule has 0 spiro atoms. The van der Waals surface area contributed by atoms with Gasteiger partial charge >= 0.3 is 0 Å². The lowest BCUT2D eigenvalue weighted by atomic mass is 9.97. The molecule has 3 rings (SSSR count). The molecule has 1 heterocycles. The summed E-state index contributed by atoms with van der Waals surface area (Å²) < 4.78 is 36.6. The SMILES string of the molecule is CC(C)C[C@@H](NC(=O)CCCN(c1ccc2c(c1)OCO2)S(C)(=O)=O)c1ccccc1. The van der Waals surface area contributed by atoms with Crippen LogP contribution in [0.25, 0.3) is 0 Å². The van der Waals surface area contributed by atoms with Gasteiger partial charge < -0.3 is 14.8 Å². The standard InChI is InChI=1S/C23H30N2O5S/c1-17(2)14-20(18-8-5-4-6-9-18)24-23(26)10-7-13-25(31(3,27)28)19-11-12-21-22(15-19)30-16-29-21/h4-6,8-9,11-12,15,17,20H,7,10,13-14,16H2,1-3H3,(H,24,26)/t20-/m1/s1. The molecular formula is C23H30N2O5S. The largest absolute Gasteiger partial charge is 0.454 e. The van der Waals surface area contributed by atoms with Crippen molar-refractivity contribution in [2.75, 3.05) is 23.9 Å².